The second-order valence-electron chi connectivity index (χ2n) is 5.74. The van der Waals surface area contributed by atoms with Crippen LogP contribution >= 0.6 is 0 Å². The molecule has 1 saturated carbocycles. The first-order valence-corrected chi connectivity index (χ1v) is 7.69. The molecule has 1 aliphatic rings. The van der Waals surface area contributed by atoms with Crippen molar-refractivity contribution >= 4 is 11.6 Å². The van der Waals surface area contributed by atoms with Crippen LogP contribution in [0.4, 0.5) is 5.69 Å². The van der Waals surface area contributed by atoms with E-state index in [1.54, 1.807) is 6.20 Å². The minimum atomic E-state index is -0.106. The fourth-order valence-electron chi connectivity index (χ4n) is 2.76. The normalized spacial score (nSPS) is 22.9. The van der Waals surface area contributed by atoms with E-state index in [2.05, 4.69) is 22.5 Å². The van der Waals surface area contributed by atoms with Crippen molar-refractivity contribution in [1.82, 2.24) is 10.3 Å². The zero-order valence-corrected chi connectivity index (χ0v) is 12.5. The van der Waals surface area contributed by atoms with Gasteiger partial charge in [-0.25, -0.2) is 0 Å². The van der Waals surface area contributed by atoms with Gasteiger partial charge in [0.15, 0.2) is 0 Å². The molecular weight excluding hydrogens is 250 g/mol. The summed E-state index contributed by atoms with van der Waals surface area (Å²) in [6, 6.07) is 4.31. The molecule has 0 saturated heterocycles. The van der Waals surface area contributed by atoms with Crippen LogP contribution in [0.15, 0.2) is 18.3 Å². The van der Waals surface area contributed by atoms with Crippen molar-refractivity contribution in [2.45, 2.75) is 52.0 Å². The Morgan fingerprint density at radius 1 is 1.35 bits per heavy atom. The molecule has 2 atom stereocenters. The quantitative estimate of drug-likeness (QED) is 0.830. The Morgan fingerprint density at radius 2 is 2.20 bits per heavy atom. The van der Waals surface area contributed by atoms with Crippen LogP contribution in [0.25, 0.3) is 0 Å². The molecule has 1 amide bonds. The number of amides is 1. The predicted octanol–water partition coefficient (Wildman–Crippen LogP) is 3.21. The fourth-order valence-corrected chi connectivity index (χ4v) is 2.76. The molecule has 0 aliphatic heterocycles. The van der Waals surface area contributed by atoms with Crippen molar-refractivity contribution < 1.29 is 4.79 Å². The van der Waals surface area contributed by atoms with E-state index in [4.69, 9.17) is 0 Å². The number of hydrogen-bond acceptors (Lipinski definition) is 3. The van der Waals surface area contributed by atoms with Crippen LogP contribution in [0.2, 0.25) is 0 Å². The van der Waals surface area contributed by atoms with Crippen LogP contribution in [0.3, 0.4) is 0 Å². The van der Waals surface area contributed by atoms with E-state index >= 15 is 0 Å². The molecule has 2 unspecified atom stereocenters. The van der Waals surface area contributed by atoms with Gasteiger partial charge in [-0.3, -0.25) is 9.78 Å². The number of nitrogens with zero attached hydrogens (tertiary/aromatic N) is 1. The molecule has 1 aromatic rings. The molecule has 2 N–H and O–H groups in total. The highest BCUT2D eigenvalue weighted by molar-refractivity contribution is 5.93. The van der Waals surface area contributed by atoms with Crippen LogP contribution in [0.1, 0.15) is 56.4 Å². The van der Waals surface area contributed by atoms with Gasteiger partial charge in [-0.2, -0.15) is 0 Å². The SMILES string of the molecule is CCNC(=O)c1cc(NC2CCCC(C)CC2)ccn1. The lowest BCUT2D eigenvalue weighted by Gasteiger charge is -2.18. The number of rotatable bonds is 4. The highest BCUT2D eigenvalue weighted by atomic mass is 16.1. The largest absolute Gasteiger partial charge is 0.382 e. The summed E-state index contributed by atoms with van der Waals surface area (Å²) in [5, 5.41) is 6.34. The second kappa shape index (κ2) is 7.27. The van der Waals surface area contributed by atoms with E-state index in [-0.39, 0.29) is 5.91 Å². The van der Waals surface area contributed by atoms with Crippen molar-refractivity contribution in [1.29, 1.82) is 0 Å². The van der Waals surface area contributed by atoms with Gasteiger partial charge in [-0.15, -0.1) is 0 Å². The first-order chi connectivity index (χ1) is 9.69. The standard InChI is InChI=1S/C16H25N3O/c1-3-17-16(20)15-11-14(9-10-18-15)19-13-6-4-5-12(2)7-8-13/h9-13H,3-8H2,1-2H3,(H,17,20)(H,18,19). The van der Waals surface area contributed by atoms with E-state index in [1.807, 2.05) is 19.1 Å². The highest BCUT2D eigenvalue weighted by Gasteiger charge is 2.16. The summed E-state index contributed by atoms with van der Waals surface area (Å²) in [4.78, 5) is 15.9. The van der Waals surface area contributed by atoms with Gasteiger partial charge in [-0.05, 0) is 44.2 Å². The van der Waals surface area contributed by atoms with E-state index in [1.165, 1.54) is 32.1 Å². The number of carbonyl (C=O) groups is 1. The lowest BCUT2D eigenvalue weighted by Crippen LogP contribution is -2.24. The maximum atomic E-state index is 11.8. The van der Waals surface area contributed by atoms with Gasteiger partial charge < -0.3 is 10.6 Å². The lowest BCUT2D eigenvalue weighted by atomic mass is 10.0. The van der Waals surface area contributed by atoms with E-state index in [0.29, 0.717) is 18.3 Å². The molecule has 0 radical (unpaired) electrons. The maximum absolute atomic E-state index is 11.8. The number of aromatic nitrogens is 1. The minimum absolute atomic E-state index is 0.106. The van der Waals surface area contributed by atoms with E-state index in [0.717, 1.165) is 11.6 Å². The van der Waals surface area contributed by atoms with Gasteiger partial charge >= 0.3 is 0 Å². The molecule has 1 fully saturated rings. The number of hydrogen-bond donors (Lipinski definition) is 2. The van der Waals surface area contributed by atoms with Gasteiger partial charge in [0.05, 0.1) is 0 Å². The third-order valence-corrected chi connectivity index (χ3v) is 3.96. The highest BCUT2D eigenvalue weighted by Crippen LogP contribution is 2.25. The van der Waals surface area contributed by atoms with Crippen LogP contribution in [-0.2, 0) is 0 Å². The molecular formula is C16H25N3O. The van der Waals surface area contributed by atoms with E-state index < -0.39 is 0 Å². The average molecular weight is 275 g/mol. The van der Waals surface area contributed by atoms with Crippen molar-refractivity contribution in [2.75, 3.05) is 11.9 Å². The first-order valence-electron chi connectivity index (χ1n) is 7.69. The van der Waals surface area contributed by atoms with Crippen LogP contribution in [0, 0.1) is 5.92 Å². The summed E-state index contributed by atoms with van der Waals surface area (Å²) in [6.07, 6.45) is 8.02. The Balaban J connectivity index is 1.98. The smallest absolute Gasteiger partial charge is 0.269 e. The van der Waals surface area contributed by atoms with Crippen LogP contribution in [-0.4, -0.2) is 23.5 Å². The summed E-state index contributed by atoms with van der Waals surface area (Å²) in [5.41, 5.74) is 1.49. The molecule has 4 heteroatoms. The molecule has 110 valence electrons. The topological polar surface area (TPSA) is 54.0 Å². The molecule has 1 aliphatic carbocycles. The molecule has 1 heterocycles. The Hall–Kier alpha value is -1.58. The molecule has 0 aromatic carbocycles. The summed E-state index contributed by atoms with van der Waals surface area (Å²) >= 11 is 0. The number of carbonyl (C=O) groups excluding carboxylic acids is 1. The molecule has 0 bridgehead atoms. The lowest BCUT2D eigenvalue weighted by molar-refractivity contribution is 0.0951. The third-order valence-electron chi connectivity index (χ3n) is 3.96. The second-order valence-corrected chi connectivity index (χ2v) is 5.74. The molecule has 2 rings (SSSR count). The zero-order chi connectivity index (χ0) is 14.4. The van der Waals surface area contributed by atoms with Gasteiger partial charge in [0.1, 0.15) is 5.69 Å². The fraction of sp³-hybridized carbons (Fsp3) is 0.625. The van der Waals surface area contributed by atoms with Crippen molar-refractivity contribution in [3.63, 3.8) is 0 Å². The summed E-state index contributed by atoms with van der Waals surface area (Å²) < 4.78 is 0. The van der Waals surface area contributed by atoms with Crippen LogP contribution < -0.4 is 10.6 Å². The number of pyridine rings is 1. The molecule has 4 nitrogen and oxygen atoms in total. The molecule has 1 aromatic heterocycles. The van der Waals surface area contributed by atoms with E-state index in [9.17, 15) is 4.79 Å². The minimum Gasteiger partial charge on any atom is -0.382 e. The average Bonchev–Trinajstić information content (AvgIpc) is 2.64. The first kappa shape index (κ1) is 14.8. The summed E-state index contributed by atoms with van der Waals surface area (Å²) in [6.45, 7) is 4.87. The maximum Gasteiger partial charge on any atom is 0.269 e. The molecule has 20 heavy (non-hydrogen) atoms. The van der Waals surface area contributed by atoms with Crippen molar-refractivity contribution in [2.24, 2.45) is 5.92 Å². The van der Waals surface area contributed by atoms with Gasteiger partial charge in [0, 0.05) is 24.5 Å². The van der Waals surface area contributed by atoms with Crippen molar-refractivity contribution in [3.05, 3.63) is 24.0 Å². The Kier molecular flexibility index (Phi) is 5.39. The van der Waals surface area contributed by atoms with Gasteiger partial charge in [0.25, 0.3) is 5.91 Å². The van der Waals surface area contributed by atoms with Gasteiger partial charge in [0.2, 0.25) is 0 Å². The third kappa shape index (κ3) is 4.22. The van der Waals surface area contributed by atoms with Gasteiger partial charge in [-0.1, -0.05) is 19.8 Å². The van der Waals surface area contributed by atoms with Crippen molar-refractivity contribution in [3.8, 4) is 0 Å². The molecule has 0 spiro atoms. The Labute approximate surface area is 121 Å². The number of nitrogens with one attached hydrogen (secondary N) is 2. The Bertz CT molecular complexity index is 447. The summed E-state index contributed by atoms with van der Waals surface area (Å²) in [7, 11) is 0. The zero-order valence-electron chi connectivity index (χ0n) is 12.5. The Morgan fingerprint density at radius 3 is 3.00 bits per heavy atom. The monoisotopic (exact) mass is 275 g/mol. The van der Waals surface area contributed by atoms with Crippen LogP contribution in [0.5, 0.6) is 0 Å². The predicted molar refractivity (Wildman–Crippen MR) is 81.9 cm³/mol. The number of anilines is 1. The summed E-state index contributed by atoms with van der Waals surface area (Å²) in [5.74, 6) is 0.732.